The standard InChI is InChI=1S/C17H18N6O6S/c24-6-10-12(25)13(26)16(29-10)22-7-19-11-14(22)20-17(21-15(11)30)18-5-8-1-3-9(4-2-8)23(27)28/h1-4,7,10,12-13,16,24-26H,5-6H2,(H2,18,20,21,30)/t10-,12?,13?,16-/m1/s1. The van der Waals surface area contributed by atoms with Crippen LogP contribution in [0.2, 0.25) is 0 Å². The second-order valence-corrected chi connectivity index (χ2v) is 7.13. The van der Waals surface area contributed by atoms with Gasteiger partial charge in [-0.1, -0.05) is 24.4 Å². The minimum absolute atomic E-state index is 0.0000885. The highest BCUT2D eigenvalue weighted by atomic mass is 32.1. The number of imidazole rings is 1. The van der Waals surface area contributed by atoms with Crippen LogP contribution in [0.5, 0.6) is 0 Å². The number of anilines is 1. The Hall–Kier alpha value is -2.97. The van der Waals surface area contributed by atoms with Crippen LogP contribution in [-0.4, -0.2) is 64.7 Å². The summed E-state index contributed by atoms with van der Waals surface area (Å²) in [5, 5.41) is 43.4. The van der Waals surface area contributed by atoms with Gasteiger partial charge < -0.3 is 30.4 Å². The number of hydrogen-bond donors (Lipinski definition) is 5. The maximum absolute atomic E-state index is 10.7. The van der Waals surface area contributed by atoms with Crippen LogP contribution in [-0.2, 0) is 11.3 Å². The van der Waals surface area contributed by atoms with Crippen molar-refractivity contribution in [2.45, 2.75) is 31.1 Å². The minimum Gasteiger partial charge on any atom is -0.394 e. The van der Waals surface area contributed by atoms with E-state index in [1.54, 1.807) is 12.1 Å². The molecule has 5 N–H and O–H groups in total. The van der Waals surface area contributed by atoms with Gasteiger partial charge in [0.1, 0.15) is 29.5 Å². The van der Waals surface area contributed by atoms with Crippen LogP contribution in [0, 0.1) is 14.8 Å². The Bertz CT molecular complexity index is 1130. The number of nitrogens with one attached hydrogen (secondary N) is 2. The molecule has 158 valence electrons. The number of hydrogen-bond acceptors (Lipinski definition) is 10. The van der Waals surface area contributed by atoms with Crippen molar-refractivity contribution in [3.05, 3.63) is 50.9 Å². The molecular weight excluding hydrogens is 416 g/mol. The normalized spacial score (nSPS) is 23.7. The van der Waals surface area contributed by atoms with Gasteiger partial charge in [-0.3, -0.25) is 14.7 Å². The van der Waals surface area contributed by atoms with E-state index in [9.17, 15) is 25.4 Å². The molecule has 30 heavy (non-hydrogen) atoms. The summed E-state index contributed by atoms with van der Waals surface area (Å²) >= 11 is 5.29. The summed E-state index contributed by atoms with van der Waals surface area (Å²) in [6, 6.07) is 6.07. The lowest BCUT2D eigenvalue weighted by atomic mass is 10.1. The second-order valence-electron chi connectivity index (χ2n) is 6.75. The molecule has 1 aromatic carbocycles. The molecule has 0 bridgehead atoms. The number of benzene rings is 1. The lowest BCUT2D eigenvalue weighted by Crippen LogP contribution is -2.33. The van der Waals surface area contributed by atoms with Gasteiger partial charge in [-0.05, 0) is 5.56 Å². The fourth-order valence-corrected chi connectivity index (χ4v) is 3.48. The molecule has 4 atom stereocenters. The van der Waals surface area contributed by atoms with Gasteiger partial charge >= 0.3 is 0 Å². The third-order valence-electron chi connectivity index (χ3n) is 4.84. The molecule has 0 amide bonds. The van der Waals surface area contributed by atoms with E-state index in [0.717, 1.165) is 5.56 Å². The summed E-state index contributed by atoms with van der Waals surface area (Å²) in [6.07, 6.45) is -3.02. The molecule has 4 rings (SSSR count). The number of fused-ring (bicyclic) bond motifs is 1. The van der Waals surface area contributed by atoms with E-state index in [0.29, 0.717) is 23.7 Å². The molecular formula is C17H18N6O6S. The Morgan fingerprint density at radius 3 is 2.67 bits per heavy atom. The molecule has 3 heterocycles. The number of nitro benzene ring substituents is 1. The van der Waals surface area contributed by atoms with Crippen LogP contribution in [0.1, 0.15) is 11.8 Å². The van der Waals surface area contributed by atoms with Gasteiger partial charge in [0.05, 0.1) is 17.9 Å². The lowest BCUT2D eigenvalue weighted by Gasteiger charge is -2.17. The first-order valence-corrected chi connectivity index (χ1v) is 9.36. The monoisotopic (exact) mass is 434 g/mol. The largest absolute Gasteiger partial charge is 0.394 e. The highest BCUT2D eigenvalue weighted by Crippen LogP contribution is 2.31. The molecule has 12 nitrogen and oxygen atoms in total. The van der Waals surface area contributed by atoms with E-state index in [2.05, 4.69) is 20.3 Å². The van der Waals surface area contributed by atoms with E-state index in [1.807, 2.05) is 0 Å². The number of ether oxygens (including phenoxy) is 1. The van der Waals surface area contributed by atoms with Crippen molar-refractivity contribution >= 4 is 35.0 Å². The first-order chi connectivity index (χ1) is 14.4. The van der Waals surface area contributed by atoms with Gasteiger partial charge in [0, 0.05) is 18.7 Å². The maximum atomic E-state index is 10.7. The molecule has 2 unspecified atom stereocenters. The molecule has 13 heteroatoms. The molecule has 1 fully saturated rings. The van der Waals surface area contributed by atoms with E-state index in [-0.39, 0.29) is 10.3 Å². The summed E-state index contributed by atoms with van der Waals surface area (Å²) < 4.78 is 7.24. The summed E-state index contributed by atoms with van der Waals surface area (Å²) in [4.78, 5) is 21.7. The molecule has 0 aliphatic carbocycles. The third-order valence-corrected chi connectivity index (χ3v) is 5.13. The number of rotatable bonds is 6. The van der Waals surface area contributed by atoms with Crippen LogP contribution in [0.4, 0.5) is 11.6 Å². The zero-order chi connectivity index (χ0) is 21.4. The smallest absolute Gasteiger partial charge is 0.269 e. The van der Waals surface area contributed by atoms with Crippen LogP contribution in [0.25, 0.3) is 11.2 Å². The number of nitrogens with zero attached hydrogens (tertiary/aromatic N) is 4. The number of aromatic amines is 1. The molecule has 0 radical (unpaired) electrons. The fraction of sp³-hybridized carbons (Fsp3) is 0.353. The number of aliphatic hydroxyl groups excluding tert-OH is 3. The van der Waals surface area contributed by atoms with Gasteiger partial charge in [-0.25, -0.2) is 9.97 Å². The summed E-state index contributed by atoms with van der Waals surface area (Å²) in [6.45, 7) is -0.120. The Balaban J connectivity index is 1.59. The van der Waals surface area contributed by atoms with Crippen molar-refractivity contribution in [1.29, 1.82) is 0 Å². The zero-order valence-electron chi connectivity index (χ0n) is 15.4. The van der Waals surface area contributed by atoms with E-state index in [4.69, 9.17) is 17.0 Å². The van der Waals surface area contributed by atoms with Gasteiger partial charge in [-0.15, -0.1) is 0 Å². The zero-order valence-corrected chi connectivity index (χ0v) is 16.2. The Kier molecular flexibility index (Phi) is 5.44. The van der Waals surface area contributed by atoms with Crippen LogP contribution in [0.15, 0.2) is 30.6 Å². The average molecular weight is 434 g/mol. The van der Waals surface area contributed by atoms with Crippen molar-refractivity contribution in [2.24, 2.45) is 0 Å². The number of H-pyrrole nitrogens is 1. The van der Waals surface area contributed by atoms with Crippen molar-refractivity contribution in [1.82, 2.24) is 19.5 Å². The number of non-ortho nitro benzene ring substituents is 1. The molecule has 2 aromatic heterocycles. The Morgan fingerprint density at radius 2 is 2.03 bits per heavy atom. The van der Waals surface area contributed by atoms with Gasteiger partial charge in [0.25, 0.3) is 5.69 Å². The summed E-state index contributed by atoms with van der Waals surface area (Å²) in [5.74, 6) is 0.319. The number of aliphatic hydroxyl groups is 3. The van der Waals surface area contributed by atoms with Crippen LogP contribution >= 0.6 is 12.2 Å². The first-order valence-electron chi connectivity index (χ1n) is 8.95. The summed E-state index contributed by atoms with van der Waals surface area (Å²) in [5.41, 5.74) is 1.58. The van der Waals surface area contributed by atoms with E-state index < -0.39 is 36.1 Å². The van der Waals surface area contributed by atoms with E-state index in [1.165, 1.54) is 23.0 Å². The average Bonchev–Trinajstić information content (AvgIpc) is 3.28. The predicted molar refractivity (Wildman–Crippen MR) is 106 cm³/mol. The SMILES string of the molecule is O=[N+]([O-])c1ccc(CNc2nc(=S)c3ncn([C@@H]4O[C@H](CO)C(O)C4O)c3[nH]2)cc1. The quantitative estimate of drug-likeness (QED) is 0.210. The summed E-state index contributed by atoms with van der Waals surface area (Å²) in [7, 11) is 0. The Morgan fingerprint density at radius 1 is 1.30 bits per heavy atom. The van der Waals surface area contributed by atoms with Crippen LogP contribution < -0.4 is 5.32 Å². The van der Waals surface area contributed by atoms with Gasteiger partial charge in [-0.2, -0.15) is 0 Å². The third kappa shape index (κ3) is 3.64. The fourth-order valence-electron chi connectivity index (χ4n) is 3.24. The highest BCUT2D eigenvalue weighted by molar-refractivity contribution is 7.71. The lowest BCUT2D eigenvalue weighted by molar-refractivity contribution is -0.384. The van der Waals surface area contributed by atoms with Crippen molar-refractivity contribution < 1.29 is 25.0 Å². The van der Waals surface area contributed by atoms with Gasteiger partial charge in [0.15, 0.2) is 10.9 Å². The first kappa shape index (κ1) is 20.3. The van der Waals surface area contributed by atoms with E-state index >= 15 is 0 Å². The topological polar surface area (TPSA) is 172 Å². The molecule has 1 saturated heterocycles. The van der Waals surface area contributed by atoms with Crippen molar-refractivity contribution in [2.75, 3.05) is 11.9 Å². The minimum atomic E-state index is -1.27. The number of nitro groups is 1. The molecule has 0 spiro atoms. The molecule has 3 aromatic rings. The highest BCUT2D eigenvalue weighted by Gasteiger charge is 2.43. The second kappa shape index (κ2) is 8.04. The van der Waals surface area contributed by atoms with Crippen molar-refractivity contribution in [3.8, 4) is 0 Å². The van der Waals surface area contributed by atoms with Crippen LogP contribution in [0.3, 0.4) is 0 Å². The number of aromatic nitrogens is 4. The molecule has 1 aliphatic heterocycles. The molecule has 1 aliphatic rings. The van der Waals surface area contributed by atoms with Gasteiger partial charge in [0.2, 0.25) is 5.95 Å². The maximum Gasteiger partial charge on any atom is 0.269 e. The van der Waals surface area contributed by atoms with Crippen molar-refractivity contribution in [3.63, 3.8) is 0 Å². The molecule has 0 saturated carbocycles. The predicted octanol–water partition coefficient (Wildman–Crippen LogP) is 0.621. The Labute approximate surface area is 173 Å².